The van der Waals surface area contributed by atoms with Gasteiger partial charge in [0.25, 0.3) is 0 Å². The van der Waals surface area contributed by atoms with Gasteiger partial charge in [0, 0.05) is 277 Å². The number of unbranched alkanes of at least 4 members (excludes halogenated alkanes) is 2. The van der Waals surface area contributed by atoms with E-state index < -0.39 is 11.1 Å². The van der Waals surface area contributed by atoms with Gasteiger partial charge in [0.05, 0.1) is 119 Å². The van der Waals surface area contributed by atoms with Crippen LogP contribution in [0.25, 0.3) is 0 Å². The Morgan fingerprint density at radius 2 is 0.673 bits per heavy atom. The van der Waals surface area contributed by atoms with Crippen LogP contribution in [0, 0.1) is 34.6 Å². The standard InChI is InChI=1S/C34H62N4O10S2.C33H61N4O10S2.5Y/c1-4-18-45-24-17-37-32(41)13-21-48-28-34(26-46-19-11-30(39)35-15-22-43-5-2,27-47-20-12-31(40)36-16-23-44-6-3)38-33(42)10-8-7-9-29-14-25-49-50-29;1-4-42-21-15-34-29(38)11-18-45-25-33(26-46-19-12-30(39)35-16-22-43-5-2,27-47-20-13-31(40)36-17-23-44-6-3)37-32(41)10-8-7-9-28(49)14-24-48;;;;;/h29H,2-28H2,1H3,(H,35,39)(H,36,40)(H,37,41)(H,38,42);28,48-49H,1-27H2,(H,34,38)(H,35,39)(H,36,40)(H,37,41);;;;;/q-2;-3;;;;;. The molecule has 28 nitrogen and oxygen atoms in total. The van der Waals surface area contributed by atoms with Gasteiger partial charge in [0.2, 0.25) is 47.3 Å². The third-order valence-electron chi connectivity index (χ3n) is 14.0. The number of carbonyl (C=O) groups excluding carboxylic acids is 8. The second-order valence-corrected chi connectivity index (χ2v) is 26.7. The molecule has 0 aromatic carbocycles. The fourth-order valence-electron chi connectivity index (χ4n) is 8.82. The van der Waals surface area contributed by atoms with Gasteiger partial charge in [-0.25, -0.2) is 0 Å². The van der Waals surface area contributed by atoms with Crippen molar-refractivity contribution in [3.05, 3.63) is 34.6 Å². The average molecular weight is 1930 g/mol. The number of amides is 8. The quantitative estimate of drug-likeness (QED) is 0.0181. The zero-order valence-electron chi connectivity index (χ0n) is 62.1. The van der Waals surface area contributed by atoms with Crippen molar-refractivity contribution in [1.29, 1.82) is 0 Å². The minimum atomic E-state index is -1.16. The summed E-state index contributed by atoms with van der Waals surface area (Å²) in [7, 11) is 3.83. The molecule has 1 aliphatic rings. The molecule has 1 fully saturated rings. The molecule has 104 heavy (non-hydrogen) atoms. The Hall–Kier alpha value is 2.20. The summed E-state index contributed by atoms with van der Waals surface area (Å²) in [5.41, 5.74) is -2.29. The molecule has 5 radical (unpaired) electrons. The van der Waals surface area contributed by atoms with E-state index in [1.54, 1.807) is 0 Å². The summed E-state index contributed by atoms with van der Waals surface area (Å²) in [6, 6.07) is 0. The third kappa shape index (κ3) is 75.5. The topological polar surface area (TPSA) is 344 Å². The fraction of sp³-hybridized carbons (Fsp3) is 0.806. The minimum absolute atomic E-state index is 0. The molecule has 1 aliphatic heterocycles. The molecular formula is C67H123N8O20S4Y5-5. The first kappa shape index (κ1) is 117. The molecule has 1 rings (SSSR count). The zero-order valence-corrected chi connectivity index (χ0v) is 79.7. The third-order valence-corrected chi connectivity index (χ3v) is 17.7. The zero-order chi connectivity index (χ0) is 73.0. The second kappa shape index (κ2) is 86.1. The van der Waals surface area contributed by atoms with Gasteiger partial charge < -0.3 is 134 Å². The number of hydrogen-bond donors (Lipinski definition) is 10. The van der Waals surface area contributed by atoms with Crippen LogP contribution in [0.3, 0.4) is 0 Å². The first-order valence-corrected chi connectivity index (χ1v) is 38.3. The maximum absolute atomic E-state index is 13.3. The van der Waals surface area contributed by atoms with Crippen molar-refractivity contribution in [2.24, 2.45) is 0 Å². The van der Waals surface area contributed by atoms with Crippen LogP contribution in [0.15, 0.2) is 0 Å². The van der Waals surface area contributed by atoms with Crippen molar-refractivity contribution in [3.63, 3.8) is 0 Å². The van der Waals surface area contributed by atoms with Crippen molar-refractivity contribution in [3.8, 4) is 0 Å². The fourth-order valence-corrected chi connectivity index (χ4v) is 12.7. The average Bonchev–Trinajstić information content (AvgIpc) is 0.923. The molecule has 2 unspecified atom stereocenters. The largest absolute Gasteiger partial charge is 0.412 e. The van der Waals surface area contributed by atoms with E-state index in [-0.39, 0.29) is 340 Å². The van der Waals surface area contributed by atoms with Crippen LogP contribution >= 0.6 is 46.8 Å². The van der Waals surface area contributed by atoms with Crippen LogP contribution in [0.5, 0.6) is 0 Å². The summed E-state index contributed by atoms with van der Waals surface area (Å²) in [5.74, 6) is 0.309. The Morgan fingerprint density at radius 1 is 0.385 bits per heavy atom. The van der Waals surface area contributed by atoms with Crippen LogP contribution in [-0.4, -0.2) is 278 Å². The molecule has 8 N–H and O–H groups in total. The van der Waals surface area contributed by atoms with E-state index in [9.17, 15) is 38.4 Å². The molecule has 0 aromatic rings. The van der Waals surface area contributed by atoms with Crippen molar-refractivity contribution in [1.82, 2.24) is 42.5 Å². The Morgan fingerprint density at radius 3 is 0.933 bits per heavy atom. The van der Waals surface area contributed by atoms with Crippen molar-refractivity contribution >= 4 is 94.1 Å². The van der Waals surface area contributed by atoms with Gasteiger partial charge in [0.1, 0.15) is 11.1 Å². The van der Waals surface area contributed by atoms with E-state index in [1.807, 2.05) is 28.5 Å². The summed E-state index contributed by atoms with van der Waals surface area (Å²) in [5, 5.41) is 23.5. The molecule has 2 atom stereocenters. The van der Waals surface area contributed by atoms with Crippen LogP contribution in [0.1, 0.15) is 116 Å². The first-order chi connectivity index (χ1) is 48.0. The normalized spacial score (nSPS) is 12.6. The van der Waals surface area contributed by atoms with Crippen LogP contribution in [0.2, 0.25) is 0 Å². The Kier molecular flexibility index (Phi) is 96.9. The molecule has 595 valence electrons. The van der Waals surface area contributed by atoms with E-state index in [2.05, 4.69) is 102 Å². The smallest absolute Gasteiger partial charge is 0.222 e. The van der Waals surface area contributed by atoms with Crippen molar-refractivity contribution in [2.75, 3.05) is 209 Å². The van der Waals surface area contributed by atoms with Crippen LogP contribution in [-0.2, 0) is 259 Å². The molecule has 8 amide bonds. The van der Waals surface area contributed by atoms with Gasteiger partial charge in [-0.05, 0) is 50.7 Å². The van der Waals surface area contributed by atoms with Crippen LogP contribution in [0.4, 0.5) is 0 Å². The molecular weight excluding hydrogens is 1810 g/mol. The Balaban J connectivity index is -0.000000441. The number of rotatable bonds is 69. The predicted molar refractivity (Wildman–Crippen MR) is 391 cm³/mol. The summed E-state index contributed by atoms with van der Waals surface area (Å²) < 4.78 is 66.6. The number of ether oxygens (including phenoxy) is 12. The van der Waals surface area contributed by atoms with Gasteiger partial charge in [-0.1, -0.05) is 74.4 Å². The SMILES string of the molecule is [CH2-]COCCNC(=O)CCOCC(COCCC(=O)NCCOC[CH2-])(COCCC(=O)NCCOCCC)NC(=O)CCCCC1CCSS1.[CH2-]COCCNC(=O)CCOCC(COCCC(=O)NCCOC[CH2-])(COCCC(=O)NCCOC[CH2-])NC(=O)CCCCC(S)CCS.[Y].[Y].[Y].[Y].[Y]. The second-order valence-electron chi connectivity index (χ2n) is 22.7. The molecule has 0 aromatic heterocycles. The predicted octanol–water partition coefficient (Wildman–Crippen LogP) is 3.38. The van der Waals surface area contributed by atoms with Gasteiger partial charge in [-0.2, -0.15) is 25.3 Å². The van der Waals surface area contributed by atoms with Gasteiger partial charge in [0.15, 0.2) is 0 Å². The molecule has 1 heterocycles. The van der Waals surface area contributed by atoms with E-state index in [1.165, 1.54) is 12.2 Å². The summed E-state index contributed by atoms with van der Waals surface area (Å²) in [4.78, 5) is 100. The number of hydrogen-bond acceptors (Lipinski definition) is 24. The monoisotopic (exact) mass is 1930 g/mol. The summed E-state index contributed by atoms with van der Waals surface area (Å²) in [6.07, 6.45) is 9.28. The van der Waals surface area contributed by atoms with Gasteiger partial charge in [-0.15, -0.1) is 0 Å². The molecule has 1 saturated heterocycles. The maximum atomic E-state index is 13.3. The van der Waals surface area contributed by atoms with Gasteiger partial charge in [-0.3, -0.25) is 38.4 Å². The van der Waals surface area contributed by atoms with Crippen LogP contribution < -0.4 is 42.5 Å². The maximum Gasteiger partial charge on any atom is 0.222 e. The Labute approximate surface area is 767 Å². The molecule has 0 saturated carbocycles. The number of carbonyl (C=O) groups is 8. The van der Waals surface area contributed by atoms with E-state index in [0.29, 0.717) is 137 Å². The molecule has 0 bridgehead atoms. The van der Waals surface area contributed by atoms with Gasteiger partial charge >= 0.3 is 0 Å². The number of nitrogens with one attached hydrogen (secondary N) is 8. The minimum Gasteiger partial charge on any atom is -0.412 e. The van der Waals surface area contributed by atoms with Crippen molar-refractivity contribution < 1.29 is 259 Å². The molecule has 37 heteroatoms. The number of thiol groups is 2. The summed E-state index contributed by atoms with van der Waals surface area (Å²) >= 11 is 8.82. The van der Waals surface area contributed by atoms with E-state index in [4.69, 9.17) is 56.8 Å². The van der Waals surface area contributed by atoms with E-state index in [0.717, 1.165) is 50.7 Å². The summed E-state index contributed by atoms with van der Waals surface area (Å²) in [6.45, 7) is 27.0. The molecule has 0 spiro atoms. The first-order valence-electron chi connectivity index (χ1n) is 34.7. The van der Waals surface area contributed by atoms with E-state index >= 15 is 0 Å². The van der Waals surface area contributed by atoms with Crippen molar-refractivity contribution in [2.45, 2.75) is 138 Å². The Bertz CT molecular complexity index is 1950. The molecule has 0 aliphatic carbocycles.